The molecule has 28 heavy (non-hydrogen) atoms. The molecule has 1 amide bonds. The lowest BCUT2D eigenvalue weighted by molar-refractivity contribution is -0.118. The fourth-order valence-corrected chi connectivity index (χ4v) is 3.61. The van der Waals surface area contributed by atoms with Gasteiger partial charge in [-0.05, 0) is 18.6 Å². The first kappa shape index (κ1) is 18.4. The van der Waals surface area contributed by atoms with Crippen molar-refractivity contribution in [3.8, 4) is 23.0 Å². The van der Waals surface area contributed by atoms with E-state index in [2.05, 4.69) is 10.3 Å². The topological polar surface area (TPSA) is 78.9 Å². The molecular weight excluding hydrogens is 380 g/mol. The second kappa shape index (κ2) is 8.35. The Morgan fingerprint density at radius 2 is 1.86 bits per heavy atom. The summed E-state index contributed by atoms with van der Waals surface area (Å²) < 4.78 is 23.3. The molecule has 2 heterocycles. The second-order valence-electron chi connectivity index (χ2n) is 6.11. The van der Waals surface area contributed by atoms with Gasteiger partial charge in [0.2, 0.25) is 0 Å². The van der Waals surface area contributed by atoms with Gasteiger partial charge in [-0.15, -0.1) is 0 Å². The third-order valence-corrected chi connectivity index (χ3v) is 4.90. The van der Waals surface area contributed by atoms with Gasteiger partial charge in [0.1, 0.15) is 13.2 Å². The van der Waals surface area contributed by atoms with E-state index in [1.165, 1.54) is 11.3 Å². The van der Waals surface area contributed by atoms with Crippen molar-refractivity contribution >= 4 is 32.6 Å². The summed E-state index contributed by atoms with van der Waals surface area (Å²) in [6, 6.07) is 11.0. The van der Waals surface area contributed by atoms with Gasteiger partial charge >= 0.3 is 0 Å². The number of fused-ring (bicyclic) bond motifs is 2. The van der Waals surface area contributed by atoms with E-state index in [0.717, 1.165) is 16.6 Å². The number of thiazole rings is 1. The number of hydrogen-bond donors (Lipinski definition) is 1. The largest absolute Gasteiger partial charge is 0.490 e. The van der Waals surface area contributed by atoms with Crippen LogP contribution < -0.4 is 24.3 Å². The molecule has 3 aromatic rings. The summed E-state index contributed by atoms with van der Waals surface area (Å²) in [6.07, 6.45) is 0.895. The normalized spacial score (nSPS) is 12.6. The highest BCUT2D eigenvalue weighted by Gasteiger charge is 2.16. The first-order valence-electron chi connectivity index (χ1n) is 9.07. The van der Waals surface area contributed by atoms with Gasteiger partial charge in [-0.3, -0.25) is 10.1 Å². The van der Waals surface area contributed by atoms with Crippen LogP contribution in [0.4, 0.5) is 5.13 Å². The number of amides is 1. The van der Waals surface area contributed by atoms with Crippen molar-refractivity contribution in [2.24, 2.45) is 0 Å². The van der Waals surface area contributed by atoms with Crippen LogP contribution in [0.15, 0.2) is 36.4 Å². The molecule has 1 aliphatic heterocycles. The predicted octanol–water partition coefficient (Wildman–Crippen LogP) is 3.87. The predicted molar refractivity (Wildman–Crippen MR) is 107 cm³/mol. The summed E-state index contributed by atoms with van der Waals surface area (Å²) in [4.78, 5) is 16.7. The first-order chi connectivity index (χ1) is 13.7. The zero-order valence-electron chi connectivity index (χ0n) is 15.4. The van der Waals surface area contributed by atoms with Gasteiger partial charge in [0.05, 0.1) is 16.8 Å². The molecule has 0 bridgehead atoms. The standard InChI is InChI=1S/C20H20N2O5S/c1-2-7-24-14-5-3-4-6-15(14)27-12-19(23)22-20-21-13-10-16-17(11-18(13)28-20)26-9-8-25-16/h3-6,10-11H,2,7-9,12H2,1H3,(H,21,22,23). The molecule has 4 rings (SSSR count). The second-order valence-corrected chi connectivity index (χ2v) is 7.15. The maximum absolute atomic E-state index is 12.3. The zero-order valence-corrected chi connectivity index (χ0v) is 16.2. The van der Waals surface area contributed by atoms with Crippen molar-refractivity contribution in [3.05, 3.63) is 36.4 Å². The Hall–Kier alpha value is -3.00. The Kier molecular flexibility index (Phi) is 5.48. The number of rotatable bonds is 7. The van der Waals surface area contributed by atoms with Gasteiger partial charge in [0.15, 0.2) is 34.7 Å². The average Bonchev–Trinajstić information content (AvgIpc) is 3.10. The van der Waals surface area contributed by atoms with Gasteiger partial charge < -0.3 is 18.9 Å². The molecule has 2 aromatic carbocycles. The van der Waals surface area contributed by atoms with E-state index in [9.17, 15) is 4.79 Å². The quantitative estimate of drug-likeness (QED) is 0.649. The molecule has 0 aliphatic carbocycles. The molecule has 0 saturated carbocycles. The average molecular weight is 400 g/mol. The molecule has 146 valence electrons. The summed E-state index contributed by atoms with van der Waals surface area (Å²) in [6.45, 7) is 3.54. The minimum absolute atomic E-state index is 0.134. The van der Waals surface area contributed by atoms with Crippen LogP contribution in [0.2, 0.25) is 0 Å². The van der Waals surface area contributed by atoms with Crippen LogP contribution >= 0.6 is 11.3 Å². The lowest BCUT2D eigenvalue weighted by Crippen LogP contribution is -2.20. The summed E-state index contributed by atoms with van der Waals surface area (Å²) in [5.74, 6) is 2.25. The summed E-state index contributed by atoms with van der Waals surface area (Å²) in [5, 5.41) is 3.28. The molecule has 0 atom stereocenters. The van der Waals surface area contributed by atoms with Gasteiger partial charge in [-0.2, -0.15) is 0 Å². The van der Waals surface area contributed by atoms with Crippen LogP contribution in [0, 0.1) is 0 Å². The van der Waals surface area contributed by atoms with E-state index in [4.69, 9.17) is 18.9 Å². The summed E-state index contributed by atoms with van der Waals surface area (Å²) in [7, 11) is 0. The SMILES string of the molecule is CCCOc1ccccc1OCC(=O)Nc1nc2cc3c(cc2s1)OCCO3. The minimum Gasteiger partial charge on any atom is -0.490 e. The lowest BCUT2D eigenvalue weighted by Gasteiger charge is -2.17. The molecule has 0 spiro atoms. The molecule has 1 N–H and O–H groups in total. The highest BCUT2D eigenvalue weighted by molar-refractivity contribution is 7.22. The Labute approximate surface area is 166 Å². The first-order valence-corrected chi connectivity index (χ1v) is 9.89. The van der Waals surface area contributed by atoms with E-state index in [0.29, 0.717) is 48.0 Å². The van der Waals surface area contributed by atoms with Crippen molar-refractivity contribution in [2.75, 3.05) is 31.7 Å². The van der Waals surface area contributed by atoms with Crippen molar-refractivity contribution in [2.45, 2.75) is 13.3 Å². The maximum Gasteiger partial charge on any atom is 0.264 e. The number of benzene rings is 2. The van der Waals surface area contributed by atoms with Crippen molar-refractivity contribution in [1.82, 2.24) is 4.98 Å². The van der Waals surface area contributed by atoms with Gasteiger partial charge in [0, 0.05) is 12.1 Å². The van der Waals surface area contributed by atoms with Crippen molar-refractivity contribution in [1.29, 1.82) is 0 Å². The molecule has 0 radical (unpaired) electrons. The number of aromatic nitrogens is 1. The molecular formula is C20H20N2O5S. The molecule has 0 saturated heterocycles. The number of anilines is 1. The van der Waals surface area contributed by atoms with Crippen molar-refractivity contribution < 1.29 is 23.7 Å². The highest BCUT2D eigenvalue weighted by Crippen LogP contribution is 2.37. The molecule has 7 nitrogen and oxygen atoms in total. The number of nitrogens with zero attached hydrogens (tertiary/aromatic N) is 1. The Balaban J connectivity index is 1.40. The smallest absolute Gasteiger partial charge is 0.264 e. The van der Waals surface area contributed by atoms with E-state index >= 15 is 0 Å². The lowest BCUT2D eigenvalue weighted by atomic mass is 10.3. The summed E-state index contributed by atoms with van der Waals surface area (Å²) >= 11 is 1.38. The summed E-state index contributed by atoms with van der Waals surface area (Å²) in [5.41, 5.74) is 0.753. The van der Waals surface area contributed by atoms with Crippen LogP contribution in [-0.2, 0) is 4.79 Å². The van der Waals surface area contributed by atoms with E-state index in [1.54, 1.807) is 6.07 Å². The third kappa shape index (κ3) is 4.12. The Morgan fingerprint density at radius 1 is 1.14 bits per heavy atom. The fourth-order valence-electron chi connectivity index (χ4n) is 2.72. The molecule has 1 aromatic heterocycles. The highest BCUT2D eigenvalue weighted by atomic mass is 32.1. The van der Waals surface area contributed by atoms with Gasteiger partial charge in [-0.1, -0.05) is 30.4 Å². The van der Waals surface area contributed by atoms with Crippen LogP contribution in [0.5, 0.6) is 23.0 Å². The minimum atomic E-state index is -0.290. The zero-order chi connectivity index (χ0) is 19.3. The molecule has 8 heteroatoms. The Bertz CT molecular complexity index is 945. The maximum atomic E-state index is 12.3. The Morgan fingerprint density at radius 3 is 2.61 bits per heavy atom. The van der Waals surface area contributed by atoms with Gasteiger partial charge in [0.25, 0.3) is 5.91 Å². The number of nitrogens with one attached hydrogen (secondary N) is 1. The molecule has 0 unspecified atom stereocenters. The number of hydrogen-bond acceptors (Lipinski definition) is 7. The van der Waals surface area contributed by atoms with Crippen LogP contribution in [0.3, 0.4) is 0 Å². The van der Waals surface area contributed by atoms with E-state index in [1.807, 2.05) is 37.3 Å². The van der Waals surface area contributed by atoms with Crippen LogP contribution in [0.1, 0.15) is 13.3 Å². The molecule has 0 fully saturated rings. The number of carbonyl (C=O) groups excluding carboxylic acids is 1. The molecule has 1 aliphatic rings. The van der Waals surface area contributed by atoms with E-state index in [-0.39, 0.29) is 12.5 Å². The third-order valence-electron chi connectivity index (χ3n) is 3.97. The van der Waals surface area contributed by atoms with Crippen LogP contribution in [-0.4, -0.2) is 37.3 Å². The van der Waals surface area contributed by atoms with Crippen LogP contribution in [0.25, 0.3) is 10.2 Å². The van der Waals surface area contributed by atoms with Crippen molar-refractivity contribution in [3.63, 3.8) is 0 Å². The van der Waals surface area contributed by atoms with E-state index < -0.39 is 0 Å². The van der Waals surface area contributed by atoms with Gasteiger partial charge in [-0.25, -0.2) is 4.98 Å². The monoisotopic (exact) mass is 400 g/mol. The number of para-hydroxylation sites is 2. The number of carbonyl (C=O) groups is 1. The fraction of sp³-hybridized carbons (Fsp3) is 0.300. The number of ether oxygens (including phenoxy) is 4.